The van der Waals surface area contributed by atoms with E-state index in [-0.39, 0.29) is 11.7 Å². The minimum absolute atomic E-state index is 0.0603. The Morgan fingerprint density at radius 1 is 1.44 bits per heavy atom. The summed E-state index contributed by atoms with van der Waals surface area (Å²) >= 11 is 0. The Labute approximate surface area is 104 Å². The quantitative estimate of drug-likeness (QED) is 0.798. The van der Waals surface area contributed by atoms with Crippen molar-refractivity contribution in [3.63, 3.8) is 0 Å². The smallest absolute Gasteiger partial charge is 0.318 e. The van der Waals surface area contributed by atoms with Crippen molar-refractivity contribution in [3.8, 4) is 0 Å². The monoisotopic (exact) mass is 247 g/mol. The number of pyridine rings is 1. The summed E-state index contributed by atoms with van der Waals surface area (Å²) in [6.45, 7) is 2.48. The number of H-pyrrole nitrogens is 1. The van der Waals surface area contributed by atoms with E-state index in [0.717, 1.165) is 31.4 Å². The van der Waals surface area contributed by atoms with Crippen LogP contribution < -0.4 is 11.4 Å². The summed E-state index contributed by atoms with van der Waals surface area (Å²) in [5, 5.41) is 0. The molecule has 0 amide bonds. The van der Waals surface area contributed by atoms with Gasteiger partial charge in [0.1, 0.15) is 0 Å². The van der Waals surface area contributed by atoms with Gasteiger partial charge in [0.15, 0.2) is 5.65 Å². The first-order chi connectivity index (χ1) is 8.79. The van der Waals surface area contributed by atoms with E-state index in [4.69, 9.17) is 5.73 Å². The van der Waals surface area contributed by atoms with Crippen LogP contribution in [0.1, 0.15) is 18.9 Å². The Hall–Kier alpha value is -1.66. The topological polar surface area (TPSA) is 79.9 Å². The maximum absolute atomic E-state index is 12.0. The summed E-state index contributed by atoms with van der Waals surface area (Å²) in [5.41, 5.74) is 7.14. The van der Waals surface area contributed by atoms with Crippen LogP contribution in [0.4, 0.5) is 0 Å². The van der Waals surface area contributed by atoms with Crippen LogP contribution in [0.5, 0.6) is 0 Å². The van der Waals surface area contributed by atoms with Crippen LogP contribution in [0.2, 0.25) is 0 Å². The molecule has 0 aliphatic carbocycles. The maximum atomic E-state index is 12.0. The van der Waals surface area contributed by atoms with Gasteiger partial charge in [0.2, 0.25) is 0 Å². The van der Waals surface area contributed by atoms with Crippen molar-refractivity contribution in [2.24, 2.45) is 5.73 Å². The number of fused-ring (bicyclic) bond motifs is 1. The molecule has 2 aromatic rings. The Bertz CT molecular complexity index is 594. The molecule has 18 heavy (non-hydrogen) atoms. The SMILES string of the molecule is NCN1CCC(n2c(=O)[nH]c3ncccc32)CC1. The Balaban J connectivity index is 1.95. The fourth-order valence-corrected chi connectivity index (χ4v) is 2.68. The molecule has 1 aliphatic rings. The number of likely N-dealkylation sites (tertiary alicyclic amines) is 1. The number of hydrogen-bond donors (Lipinski definition) is 2. The lowest BCUT2D eigenvalue weighted by molar-refractivity contribution is 0.191. The minimum Gasteiger partial charge on any atom is -0.318 e. The number of rotatable bonds is 2. The third-order valence-electron chi connectivity index (χ3n) is 3.67. The van der Waals surface area contributed by atoms with Gasteiger partial charge in [0, 0.05) is 32.0 Å². The summed E-state index contributed by atoms with van der Waals surface area (Å²) in [7, 11) is 0. The van der Waals surface area contributed by atoms with Gasteiger partial charge >= 0.3 is 5.69 Å². The molecule has 2 aromatic heterocycles. The molecule has 3 heterocycles. The lowest BCUT2D eigenvalue weighted by Gasteiger charge is -2.31. The molecule has 1 saturated heterocycles. The fourth-order valence-electron chi connectivity index (χ4n) is 2.68. The highest BCUT2D eigenvalue weighted by Gasteiger charge is 2.22. The molecule has 0 spiro atoms. The van der Waals surface area contributed by atoms with Crippen LogP contribution >= 0.6 is 0 Å². The number of nitrogens with zero attached hydrogens (tertiary/aromatic N) is 3. The van der Waals surface area contributed by atoms with E-state index in [1.54, 1.807) is 6.20 Å². The van der Waals surface area contributed by atoms with Gasteiger partial charge < -0.3 is 5.73 Å². The molecule has 0 saturated carbocycles. The largest absolute Gasteiger partial charge is 0.327 e. The zero-order valence-electron chi connectivity index (χ0n) is 10.2. The fraction of sp³-hybridized carbons (Fsp3) is 0.500. The number of nitrogens with two attached hydrogens (primary N) is 1. The molecular weight excluding hydrogens is 230 g/mol. The second kappa shape index (κ2) is 4.55. The van der Waals surface area contributed by atoms with Crippen LogP contribution in [0.25, 0.3) is 11.2 Å². The normalized spacial score (nSPS) is 18.5. The standard InChI is InChI=1S/C12H17N5O/c13-8-16-6-3-9(4-7-16)17-10-2-1-5-14-11(10)15-12(17)18/h1-2,5,9H,3-4,6-8,13H2,(H,14,15,18). The van der Waals surface area contributed by atoms with Crippen LogP contribution in [-0.4, -0.2) is 39.2 Å². The van der Waals surface area contributed by atoms with Crippen molar-refractivity contribution in [1.82, 2.24) is 19.4 Å². The highest BCUT2D eigenvalue weighted by Crippen LogP contribution is 2.23. The average Bonchev–Trinajstić information content (AvgIpc) is 2.75. The van der Waals surface area contributed by atoms with Gasteiger partial charge in [-0.2, -0.15) is 0 Å². The molecule has 3 rings (SSSR count). The first-order valence-corrected chi connectivity index (χ1v) is 6.27. The van der Waals surface area contributed by atoms with Crippen molar-refractivity contribution in [2.45, 2.75) is 18.9 Å². The molecule has 6 nitrogen and oxygen atoms in total. The number of nitrogens with one attached hydrogen (secondary N) is 1. The summed E-state index contributed by atoms with van der Waals surface area (Å²) in [6.07, 6.45) is 3.61. The number of hydrogen-bond acceptors (Lipinski definition) is 4. The molecule has 96 valence electrons. The molecule has 6 heteroatoms. The minimum atomic E-state index is -0.0603. The predicted molar refractivity (Wildman–Crippen MR) is 69.3 cm³/mol. The summed E-state index contributed by atoms with van der Waals surface area (Å²) in [4.78, 5) is 21.2. The second-order valence-corrected chi connectivity index (χ2v) is 4.70. The van der Waals surface area contributed by atoms with Crippen molar-refractivity contribution in [3.05, 3.63) is 28.8 Å². The number of aromatic nitrogens is 3. The Morgan fingerprint density at radius 3 is 2.94 bits per heavy atom. The highest BCUT2D eigenvalue weighted by molar-refractivity contribution is 5.70. The highest BCUT2D eigenvalue weighted by atomic mass is 16.1. The summed E-state index contributed by atoms with van der Waals surface area (Å²) < 4.78 is 1.84. The van der Waals surface area contributed by atoms with Crippen LogP contribution in [0, 0.1) is 0 Å². The first kappa shape index (κ1) is 11.4. The lowest BCUT2D eigenvalue weighted by Crippen LogP contribution is -2.39. The maximum Gasteiger partial charge on any atom is 0.327 e. The second-order valence-electron chi connectivity index (χ2n) is 4.70. The van der Waals surface area contributed by atoms with Crippen molar-refractivity contribution in [2.75, 3.05) is 19.8 Å². The van der Waals surface area contributed by atoms with E-state index >= 15 is 0 Å². The summed E-state index contributed by atoms with van der Waals surface area (Å²) in [5.74, 6) is 0. The van der Waals surface area contributed by atoms with Crippen molar-refractivity contribution < 1.29 is 0 Å². The van der Waals surface area contributed by atoms with Gasteiger partial charge in [-0.3, -0.25) is 14.5 Å². The van der Waals surface area contributed by atoms with Gasteiger partial charge in [-0.15, -0.1) is 0 Å². The van der Waals surface area contributed by atoms with E-state index in [9.17, 15) is 4.79 Å². The van der Waals surface area contributed by atoms with Crippen molar-refractivity contribution in [1.29, 1.82) is 0 Å². The number of imidazole rings is 1. The van der Waals surface area contributed by atoms with Crippen molar-refractivity contribution >= 4 is 11.2 Å². The van der Waals surface area contributed by atoms with E-state index in [0.29, 0.717) is 12.3 Å². The van der Waals surface area contributed by atoms with Crippen LogP contribution in [0.3, 0.4) is 0 Å². The molecule has 0 radical (unpaired) electrons. The van der Waals surface area contributed by atoms with Crippen LogP contribution in [0.15, 0.2) is 23.1 Å². The molecule has 3 N–H and O–H groups in total. The van der Waals surface area contributed by atoms with Gasteiger partial charge in [-0.05, 0) is 25.0 Å². The average molecular weight is 247 g/mol. The predicted octanol–water partition coefficient (Wildman–Crippen LogP) is 0.278. The zero-order valence-corrected chi connectivity index (χ0v) is 10.2. The van der Waals surface area contributed by atoms with E-state index in [1.165, 1.54) is 0 Å². The molecule has 0 atom stereocenters. The Kier molecular flexibility index (Phi) is 2.89. The van der Waals surface area contributed by atoms with E-state index < -0.39 is 0 Å². The molecule has 0 unspecified atom stereocenters. The van der Waals surface area contributed by atoms with Crippen LogP contribution in [-0.2, 0) is 0 Å². The zero-order chi connectivity index (χ0) is 12.5. The third-order valence-corrected chi connectivity index (χ3v) is 3.67. The van der Waals surface area contributed by atoms with Gasteiger partial charge in [-0.25, -0.2) is 9.78 Å². The van der Waals surface area contributed by atoms with E-state index in [1.807, 2.05) is 16.7 Å². The first-order valence-electron chi connectivity index (χ1n) is 6.27. The molecule has 1 aliphatic heterocycles. The van der Waals surface area contributed by atoms with Gasteiger partial charge in [0.25, 0.3) is 0 Å². The summed E-state index contributed by atoms with van der Waals surface area (Å²) in [6, 6.07) is 4.05. The lowest BCUT2D eigenvalue weighted by atomic mass is 10.1. The Morgan fingerprint density at radius 2 is 2.22 bits per heavy atom. The molecular formula is C12H17N5O. The molecule has 0 aromatic carbocycles. The number of piperidine rings is 1. The molecule has 0 bridgehead atoms. The number of aromatic amines is 1. The van der Waals surface area contributed by atoms with E-state index in [2.05, 4.69) is 14.9 Å². The van der Waals surface area contributed by atoms with Gasteiger partial charge in [0.05, 0.1) is 5.52 Å². The van der Waals surface area contributed by atoms with Gasteiger partial charge in [-0.1, -0.05) is 0 Å². The third kappa shape index (κ3) is 1.83. The molecule has 1 fully saturated rings.